The van der Waals surface area contributed by atoms with E-state index in [9.17, 15) is 0 Å². The van der Waals surface area contributed by atoms with Crippen LogP contribution < -0.4 is 5.73 Å². The summed E-state index contributed by atoms with van der Waals surface area (Å²) in [4.78, 5) is 0. The highest BCUT2D eigenvalue weighted by atomic mass is 14.5. The molecule has 0 spiro atoms. The van der Waals surface area contributed by atoms with Crippen LogP contribution in [0.1, 0.15) is 52.9 Å². The minimum absolute atomic E-state index is 0.715. The van der Waals surface area contributed by atoms with Gasteiger partial charge in [0.25, 0.3) is 0 Å². The van der Waals surface area contributed by atoms with E-state index in [0.717, 1.165) is 12.5 Å². The van der Waals surface area contributed by atoms with Crippen LogP contribution in [0.25, 0.3) is 0 Å². The van der Waals surface area contributed by atoms with Crippen molar-refractivity contribution in [2.24, 2.45) is 17.6 Å². The van der Waals surface area contributed by atoms with E-state index >= 15 is 0 Å². The maximum absolute atomic E-state index is 5.60. The normalized spacial score (nSPS) is 16.0. The van der Waals surface area contributed by atoms with Crippen LogP contribution in [-0.2, 0) is 0 Å². The average Bonchev–Trinajstić information content (AvgIpc) is 2.11. The Labute approximate surface area is 77.7 Å². The summed E-state index contributed by atoms with van der Waals surface area (Å²) in [7, 11) is 0. The highest BCUT2D eigenvalue weighted by Gasteiger charge is 2.09. The first-order chi connectivity index (χ1) is 5.74. The molecule has 2 atom stereocenters. The second-order valence-electron chi connectivity index (χ2n) is 3.99. The largest absolute Gasteiger partial charge is 0.330 e. The van der Waals surface area contributed by atoms with E-state index in [-0.39, 0.29) is 0 Å². The van der Waals surface area contributed by atoms with Gasteiger partial charge in [-0.3, -0.25) is 0 Å². The molecule has 0 radical (unpaired) electrons. The molecule has 0 saturated heterocycles. The Balaban J connectivity index is 3.51. The van der Waals surface area contributed by atoms with Crippen LogP contribution in [0.15, 0.2) is 0 Å². The zero-order valence-corrected chi connectivity index (χ0v) is 8.97. The summed E-state index contributed by atoms with van der Waals surface area (Å²) in [5.41, 5.74) is 5.60. The highest BCUT2D eigenvalue weighted by Crippen LogP contribution is 2.20. The number of rotatable bonds is 7. The topological polar surface area (TPSA) is 26.0 Å². The van der Waals surface area contributed by atoms with Crippen molar-refractivity contribution in [3.8, 4) is 0 Å². The van der Waals surface area contributed by atoms with E-state index in [1.54, 1.807) is 0 Å². The summed E-state index contributed by atoms with van der Waals surface area (Å²) >= 11 is 0. The molecular formula is C11H25N. The zero-order chi connectivity index (χ0) is 9.40. The van der Waals surface area contributed by atoms with Gasteiger partial charge in [0, 0.05) is 0 Å². The molecule has 0 aliphatic heterocycles. The van der Waals surface area contributed by atoms with Crippen molar-refractivity contribution in [2.75, 3.05) is 6.54 Å². The lowest BCUT2D eigenvalue weighted by molar-refractivity contribution is 0.356. The van der Waals surface area contributed by atoms with Gasteiger partial charge in [-0.05, 0) is 24.8 Å². The monoisotopic (exact) mass is 171 g/mol. The van der Waals surface area contributed by atoms with Crippen molar-refractivity contribution in [3.05, 3.63) is 0 Å². The lowest BCUT2D eigenvalue weighted by Gasteiger charge is -2.17. The average molecular weight is 171 g/mol. The minimum Gasteiger partial charge on any atom is -0.330 e. The third-order valence-electron chi connectivity index (χ3n) is 2.68. The van der Waals surface area contributed by atoms with Gasteiger partial charge in [0.2, 0.25) is 0 Å². The first kappa shape index (κ1) is 12.0. The molecule has 2 N–H and O–H groups in total. The summed E-state index contributed by atoms with van der Waals surface area (Å²) in [6.45, 7) is 7.67. The van der Waals surface area contributed by atoms with E-state index in [1.807, 2.05) is 0 Å². The van der Waals surface area contributed by atoms with E-state index in [1.165, 1.54) is 32.1 Å². The van der Waals surface area contributed by atoms with Crippen LogP contribution in [0.2, 0.25) is 0 Å². The maximum Gasteiger partial charge on any atom is -0.00514 e. The fourth-order valence-corrected chi connectivity index (χ4v) is 1.65. The molecule has 2 unspecified atom stereocenters. The SMILES string of the molecule is CCCCC(CC)CC(C)CN. The molecular weight excluding hydrogens is 146 g/mol. The fourth-order valence-electron chi connectivity index (χ4n) is 1.65. The molecule has 0 aromatic heterocycles. The highest BCUT2D eigenvalue weighted by molar-refractivity contribution is 4.62. The molecule has 0 bridgehead atoms. The summed E-state index contributed by atoms with van der Waals surface area (Å²) in [6.07, 6.45) is 6.76. The Morgan fingerprint density at radius 3 is 2.33 bits per heavy atom. The molecule has 0 saturated carbocycles. The van der Waals surface area contributed by atoms with Crippen molar-refractivity contribution >= 4 is 0 Å². The quantitative estimate of drug-likeness (QED) is 0.625. The summed E-state index contributed by atoms with van der Waals surface area (Å²) in [5.74, 6) is 1.63. The Morgan fingerprint density at radius 1 is 1.25 bits per heavy atom. The smallest absolute Gasteiger partial charge is 0.00514 e. The second-order valence-corrected chi connectivity index (χ2v) is 3.99. The predicted octanol–water partition coefficient (Wildman–Crippen LogP) is 3.19. The molecule has 0 aromatic carbocycles. The number of hydrogen-bond acceptors (Lipinski definition) is 1. The summed E-state index contributed by atoms with van der Waals surface area (Å²) in [6, 6.07) is 0. The molecule has 0 aliphatic carbocycles. The van der Waals surface area contributed by atoms with Crippen LogP contribution in [0.3, 0.4) is 0 Å². The Kier molecular flexibility index (Phi) is 7.58. The molecule has 0 heterocycles. The molecule has 0 aromatic rings. The summed E-state index contributed by atoms with van der Waals surface area (Å²) < 4.78 is 0. The second kappa shape index (κ2) is 7.60. The molecule has 1 nitrogen and oxygen atoms in total. The van der Waals surface area contributed by atoms with Gasteiger partial charge in [0.05, 0.1) is 0 Å². The Hall–Kier alpha value is -0.0400. The van der Waals surface area contributed by atoms with E-state index in [4.69, 9.17) is 5.73 Å². The van der Waals surface area contributed by atoms with Gasteiger partial charge in [-0.1, -0.05) is 46.5 Å². The van der Waals surface area contributed by atoms with Crippen molar-refractivity contribution in [2.45, 2.75) is 52.9 Å². The summed E-state index contributed by atoms with van der Waals surface area (Å²) in [5, 5.41) is 0. The molecule has 74 valence electrons. The van der Waals surface area contributed by atoms with Gasteiger partial charge < -0.3 is 5.73 Å². The Bertz CT molecular complexity index is 91.0. The standard InChI is InChI=1S/C11H25N/c1-4-6-7-11(5-2)8-10(3)9-12/h10-11H,4-9,12H2,1-3H3. The van der Waals surface area contributed by atoms with E-state index < -0.39 is 0 Å². The van der Waals surface area contributed by atoms with Gasteiger partial charge in [-0.2, -0.15) is 0 Å². The van der Waals surface area contributed by atoms with Gasteiger partial charge in [-0.25, -0.2) is 0 Å². The lowest BCUT2D eigenvalue weighted by Crippen LogP contribution is -2.14. The first-order valence-electron chi connectivity index (χ1n) is 5.44. The van der Waals surface area contributed by atoms with Gasteiger partial charge >= 0.3 is 0 Å². The number of nitrogens with two attached hydrogens (primary N) is 1. The third kappa shape index (κ3) is 5.59. The van der Waals surface area contributed by atoms with Gasteiger partial charge in [0.15, 0.2) is 0 Å². The van der Waals surface area contributed by atoms with Crippen LogP contribution in [-0.4, -0.2) is 6.54 Å². The van der Waals surface area contributed by atoms with Gasteiger partial charge in [-0.15, -0.1) is 0 Å². The van der Waals surface area contributed by atoms with E-state index in [0.29, 0.717) is 5.92 Å². The first-order valence-corrected chi connectivity index (χ1v) is 5.44. The van der Waals surface area contributed by atoms with Crippen LogP contribution in [0.5, 0.6) is 0 Å². The van der Waals surface area contributed by atoms with Gasteiger partial charge in [0.1, 0.15) is 0 Å². The minimum atomic E-state index is 0.715. The molecule has 0 amide bonds. The van der Waals surface area contributed by atoms with Crippen LogP contribution in [0, 0.1) is 11.8 Å². The van der Waals surface area contributed by atoms with Crippen LogP contribution in [0.4, 0.5) is 0 Å². The van der Waals surface area contributed by atoms with Crippen molar-refractivity contribution in [1.29, 1.82) is 0 Å². The van der Waals surface area contributed by atoms with Crippen molar-refractivity contribution in [3.63, 3.8) is 0 Å². The molecule has 1 heteroatoms. The number of hydrogen-bond donors (Lipinski definition) is 1. The molecule has 0 fully saturated rings. The van der Waals surface area contributed by atoms with Crippen LogP contribution >= 0.6 is 0 Å². The van der Waals surface area contributed by atoms with E-state index in [2.05, 4.69) is 20.8 Å². The van der Waals surface area contributed by atoms with Crippen molar-refractivity contribution in [1.82, 2.24) is 0 Å². The third-order valence-corrected chi connectivity index (χ3v) is 2.68. The maximum atomic E-state index is 5.60. The number of unbranched alkanes of at least 4 members (excludes halogenated alkanes) is 1. The lowest BCUT2D eigenvalue weighted by atomic mass is 9.90. The zero-order valence-electron chi connectivity index (χ0n) is 8.97. The molecule has 0 rings (SSSR count). The molecule has 12 heavy (non-hydrogen) atoms. The Morgan fingerprint density at radius 2 is 1.92 bits per heavy atom. The molecule has 0 aliphatic rings. The fraction of sp³-hybridized carbons (Fsp3) is 1.00. The predicted molar refractivity (Wildman–Crippen MR) is 56.1 cm³/mol. The van der Waals surface area contributed by atoms with Crippen molar-refractivity contribution < 1.29 is 0 Å².